The molecule has 18 heavy (non-hydrogen) atoms. The number of nitrogens with zero attached hydrogens (tertiary/aromatic N) is 2. The van der Waals surface area contributed by atoms with Crippen LogP contribution in [-0.2, 0) is 9.47 Å². The maximum absolute atomic E-state index is 5.59. The van der Waals surface area contributed by atoms with Crippen LogP contribution in [-0.4, -0.2) is 38.1 Å². The van der Waals surface area contributed by atoms with Gasteiger partial charge in [0.1, 0.15) is 19.1 Å². The Kier molecular flexibility index (Phi) is 5.49. The van der Waals surface area contributed by atoms with Crippen molar-refractivity contribution in [3.8, 4) is 0 Å². The average Bonchev–Trinajstić information content (AvgIpc) is 3.06. The molecule has 0 aliphatic carbocycles. The topological polar surface area (TPSA) is 43.2 Å². The first-order valence-corrected chi connectivity index (χ1v) is 7.26. The van der Waals surface area contributed by atoms with Gasteiger partial charge >= 0.3 is 0 Å². The highest BCUT2D eigenvalue weighted by atomic mass is 16.5. The van der Waals surface area contributed by atoms with Gasteiger partial charge in [-0.05, 0) is 6.42 Å². The molecule has 0 N–H and O–H groups in total. The highest BCUT2D eigenvalue weighted by molar-refractivity contribution is 6.01. The van der Waals surface area contributed by atoms with E-state index in [1.54, 1.807) is 0 Å². The predicted octanol–water partition coefficient (Wildman–Crippen LogP) is 2.82. The van der Waals surface area contributed by atoms with Gasteiger partial charge in [-0.1, -0.05) is 39.0 Å². The van der Waals surface area contributed by atoms with Gasteiger partial charge in [0.25, 0.3) is 0 Å². The van der Waals surface area contributed by atoms with E-state index in [-0.39, 0.29) is 5.92 Å². The zero-order valence-corrected chi connectivity index (χ0v) is 11.4. The molecule has 0 aromatic heterocycles. The van der Waals surface area contributed by atoms with Crippen LogP contribution >= 0.6 is 0 Å². The molecule has 0 fully saturated rings. The predicted molar refractivity (Wildman–Crippen MR) is 73.4 cm³/mol. The number of aliphatic imine (C=N–C) groups is 2. The second-order valence-corrected chi connectivity index (χ2v) is 4.89. The fourth-order valence-corrected chi connectivity index (χ4v) is 2.43. The summed E-state index contributed by atoms with van der Waals surface area (Å²) in [6, 6.07) is 0. The third-order valence-corrected chi connectivity index (χ3v) is 3.41. The number of ether oxygens (including phenoxy) is 2. The Labute approximate surface area is 109 Å². The molecule has 0 amide bonds. The summed E-state index contributed by atoms with van der Waals surface area (Å²) in [5.41, 5.74) is 0. The second-order valence-electron chi connectivity index (χ2n) is 4.89. The molecule has 0 saturated carbocycles. The number of hydrogen-bond acceptors (Lipinski definition) is 4. The number of rotatable bonds is 8. The first-order valence-electron chi connectivity index (χ1n) is 7.26. The molecule has 0 unspecified atom stereocenters. The third-order valence-electron chi connectivity index (χ3n) is 3.41. The highest BCUT2D eigenvalue weighted by Gasteiger charge is 2.28. The molecule has 2 aliphatic heterocycles. The van der Waals surface area contributed by atoms with Crippen molar-refractivity contribution in [2.45, 2.75) is 45.4 Å². The number of unbranched alkanes of at least 4 members (excludes halogenated alkanes) is 4. The van der Waals surface area contributed by atoms with E-state index in [1.165, 1.54) is 32.1 Å². The molecule has 2 rings (SSSR count). The van der Waals surface area contributed by atoms with E-state index < -0.39 is 0 Å². The Morgan fingerprint density at radius 2 is 1.56 bits per heavy atom. The minimum absolute atomic E-state index is 0.177. The molecule has 2 heterocycles. The van der Waals surface area contributed by atoms with E-state index in [9.17, 15) is 0 Å². The van der Waals surface area contributed by atoms with Crippen LogP contribution in [0.15, 0.2) is 9.98 Å². The maximum Gasteiger partial charge on any atom is 0.196 e. The van der Waals surface area contributed by atoms with Crippen LogP contribution in [0, 0.1) is 5.92 Å². The van der Waals surface area contributed by atoms with E-state index in [0.717, 1.165) is 44.5 Å². The van der Waals surface area contributed by atoms with Crippen molar-refractivity contribution >= 4 is 11.8 Å². The molecular formula is C14H24N2O2. The van der Waals surface area contributed by atoms with Gasteiger partial charge in [0, 0.05) is 0 Å². The van der Waals surface area contributed by atoms with E-state index in [4.69, 9.17) is 9.47 Å². The lowest BCUT2D eigenvalue weighted by atomic mass is 10.00. The van der Waals surface area contributed by atoms with Crippen LogP contribution < -0.4 is 0 Å². The molecule has 4 nitrogen and oxygen atoms in total. The number of hydrogen-bond donors (Lipinski definition) is 0. The largest absolute Gasteiger partial charge is 0.478 e. The zero-order chi connectivity index (χ0) is 12.6. The molecule has 102 valence electrons. The van der Waals surface area contributed by atoms with Gasteiger partial charge < -0.3 is 9.47 Å². The van der Waals surface area contributed by atoms with E-state index >= 15 is 0 Å². The fourth-order valence-electron chi connectivity index (χ4n) is 2.43. The monoisotopic (exact) mass is 252 g/mol. The van der Waals surface area contributed by atoms with Gasteiger partial charge in [-0.3, -0.25) is 9.98 Å². The van der Waals surface area contributed by atoms with Crippen molar-refractivity contribution in [1.82, 2.24) is 0 Å². The van der Waals surface area contributed by atoms with Gasteiger partial charge in [0.2, 0.25) is 0 Å². The summed E-state index contributed by atoms with van der Waals surface area (Å²) in [5.74, 6) is 1.88. The van der Waals surface area contributed by atoms with Crippen LogP contribution in [0.25, 0.3) is 0 Å². The van der Waals surface area contributed by atoms with Crippen LogP contribution in [0.4, 0.5) is 0 Å². The van der Waals surface area contributed by atoms with Crippen LogP contribution in [0.2, 0.25) is 0 Å². The molecule has 0 radical (unpaired) electrons. The minimum atomic E-state index is 0.177. The Morgan fingerprint density at radius 3 is 2.06 bits per heavy atom. The third kappa shape index (κ3) is 3.72. The Bertz CT molecular complexity index is 289. The molecule has 0 aromatic carbocycles. The first kappa shape index (κ1) is 13.4. The summed E-state index contributed by atoms with van der Waals surface area (Å²) in [6.07, 6.45) is 7.49. The van der Waals surface area contributed by atoms with Crippen LogP contribution in [0.1, 0.15) is 45.4 Å². The van der Waals surface area contributed by atoms with Crippen molar-refractivity contribution in [3.63, 3.8) is 0 Å². The molecule has 0 saturated heterocycles. The summed E-state index contributed by atoms with van der Waals surface area (Å²) in [6.45, 7) is 5.25. The summed E-state index contributed by atoms with van der Waals surface area (Å²) in [5, 5.41) is 0. The smallest absolute Gasteiger partial charge is 0.196 e. The quantitative estimate of drug-likeness (QED) is 0.623. The van der Waals surface area contributed by atoms with Crippen LogP contribution in [0.3, 0.4) is 0 Å². The zero-order valence-electron chi connectivity index (χ0n) is 11.4. The summed E-state index contributed by atoms with van der Waals surface area (Å²) >= 11 is 0. The molecule has 0 aromatic rings. The lowest BCUT2D eigenvalue weighted by Crippen LogP contribution is -2.25. The summed E-state index contributed by atoms with van der Waals surface area (Å²) in [7, 11) is 0. The maximum atomic E-state index is 5.59. The fraction of sp³-hybridized carbons (Fsp3) is 0.857. The van der Waals surface area contributed by atoms with Gasteiger partial charge in [-0.25, -0.2) is 0 Å². The van der Waals surface area contributed by atoms with Gasteiger partial charge in [0.15, 0.2) is 11.8 Å². The lowest BCUT2D eigenvalue weighted by molar-refractivity contribution is 0.300. The second kappa shape index (κ2) is 7.39. The van der Waals surface area contributed by atoms with Gasteiger partial charge in [-0.2, -0.15) is 0 Å². The highest BCUT2D eigenvalue weighted by Crippen LogP contribution is 2.20. The van der Waals surface area contributed by atoms with Crippen molar-refractivity contribution in [2.24, 2.45) is 15.9 Å². The minimum Gasteiger partial charge on any atom is -0.478 e. The SMILES string of the molecule is CCCCCCCC(C1=NCCO1)C1=NCCO1. The normalized spacial score (nSPS) is 18.6. The first-order chi connectivity index (χ1) is 8.92. The Hall–Kier alpha value is -1.06. The summed E-state index contributed by atoms with van der Waals surface area (Å²) < 4.78 is 11.2. The van der Waals surface area contributed by atoms with E-state index in [0.29, 0.717) is 0 Å². The molecule has 4 heteroatoms. The van der Waals surface area contributed by atoms with Crippen molar-refractivity contribution in [3.05, 3.63) is 0 Å². The van der Waals surface area contributed by atoms with E-state index in [2.05, 4.69) is 16.9 Å². The van der Waals surface area contributed by atoms with Crippen molar-refractivity contribution in [2.75, 3.05) is 26.3 Å². The average molecular weight is 252 g/mol. The molecule has 0 atom stereocenters. The van der Waals surface area contributed by atoms with E-state index in [1.807, 2.05) is 0 Å². The molecular weight excluding hydrogens is 228 g/mol. The van der Waals surface area contributed by atoms with Gasteiger partial charge in [0.05, 0.1) is 13.1 Å². The molecule has 0 spiro atoms. The standard InChI is InChI=1S/C14H24N2O2/c1-2-3-4-5-6-7-12(13-15-8-10-17-13)14-16-9-11-18-14/h12H,2-11H2,1H3. The van der Waals surface area contributed by atoms with Gasteiger partial charge in [-0.15, -0.1) is 0 Å². The Morgan fingerprint density at radius 1 is 0.944 bits per heavy atom. The molecule has 2 aliphatic rings. The Balaban J connectivity index is 1.81. The molecule has 0 bridgehead atoms. The van der Waals surface area contributed by atoms with Crippen LogP contribution in [0.5, 0.6) is 0 Å². The summed E-state index contributed by atoms with van der Waals surface area (Å²) in [4.78, 5) is 8.86. The van der Waals surface area contributed by atoms with Crippen molar-refractivity contribution in [1.29, 1.82) is 0 Å². The van der Waals surface area contributed by atoms with Crippen molar-refractivity contribution < 1.29 is 9.47 Å². The lowest BCUT2D eigenvalue weighted by Gasteiger charge is -2.16.